The molecule has 4 nitrogen and oxygen atoms in total. The predicted octanol–water partition coefficient (Wildman–Crippen LogP) is 0.0600. The first-order valence-electron chi connectivity index (χ1n) is 5.95. The molecule has 1 heterocycles. The minimum atomic E-state index is 0.923. The van der Waals surface area contributed by atoms with Crippen molar-refractivity contribution in [1.29, 1.82) is 0 Å². The van der Waals surface area contributed by atoms with Gasteiger partial charge in [-0.2, -0.15) is 0 Å². The molecule has 94 valence electrons. The van der Waals surface area contributed by atoms with Crippen LogP contribution in [0, 0.1) is 0 Å². The molecule has 0 saturated carbocycles. The number of hydrogen-bond acceptors (Lipinski definition) is 3. The van der Waals surface area contributed by atoms with Crippen molar-refractivity contribution in [2.45, 2.75) is 6.42 Å². The van der Waals surface area contributed by atoms with Crippen LogP contribution in [0.3, 0.4) is 0 Å². The molecule has 5 heteroatoms. The van der Waals surface area contributed by atoms with Gasteiger partial charge in [0.05, 0.1) is 0 Å². The number of piperazine rings is 1. The fourth-order valence-electron chi connectivity index (χ4n) is 1.71. The zero-order chi connectivity index (χ0) is 12.0. The molecule has 0 unspecified atom stereocenters. The molecule has 0 radical (unpaired) electrons. The summed E-state index contributed by atoms with van der Waals surface area (Å²) in [5, 5.41) is 4.26. The van der Waals surface area contributed by atoms with E-state index in [2.05, 4.69) is 41.2 Å². The van der Waals surface area contributed by atoms with E-state index < -0.39 is 0 Å². The second kappa shape index (κ2) is 7.04. The van der Waals surface area contributed by atoms with Crippen LogP contribution in [0.25, 0.3) is 0 Å². The minimum absolute atomic E-state index is 0.923. The van der Waals surface area contributed by atoms with Gasteiger partial charge >= 0.3 is 0 Å². The summed E-state index contributed by atoms with van der Waals surface area (Å²) in [4.78, 5) is 6.80. The highest BCUT2D eigenvalue weighted by Gasteiger charge is 2.15. The molecule has 1 fully saturated rings. The molecule has 0 amide bonds. The highest BCUT2D eigenvalue weighted by Crippen LogP contribution is 1.99. The number of hydrogen-bond donors (Lipinski definition) is 1. The van der Waals surface area contributed by atoms with Crippen LogP contribution in [-0.2, 0) is 0 Å². The van der Waals surface area contributed by atoms with Crippen LogP contribution >= 0.6 is 12.2 Å². The van der Waals surface area contributed by atoms with Gasteiger partial charge in [0.1, 0.15) is 0 Å². The number of thiocarbonyl (C=S) groups is 1. The molecule has 1 saturated heterocycles. The van der Waals surface area contributed by atoms with Gasteiger partial charge in [0.25, 0.3) is 0 Å². The summed E-state index contributed by atoms with van der Waals surface area (Å²) in [7, 11) is 6.35. The van der Waals surface area contributed by atoms with Crippen molar-refractivity contribution in [3.8, 4) is 0 Å². The fraction of sp³-hybridized carbons (Fsp3) is 0.909. The Kier molecular flexibility index (Phi) is 6.01. The van der Waals surface area contributed by atoms with E-state index in [9.17, 15) is 0 Å². The topological polar surface area (TPSA) is 21.8 Å². The third kappa shape index (κ3) is 5.09. The van der Waals surface area contributed by atoms with Crippen molar-refractivity contribution >= 4 is 17.3 Å². The number of nitrogens with one attached hydrogen (secondary N) is 1. The molecule has 0 aromatic heterocycles. The van der Waals surface area contributed by atoms with Gasteiger partial charge in [-0.05, 0) is 46.3 Å². The summed E-state index contributed by atoms with van der Waals surface area (Å²) in [6.45, 7) is 6.41. The molecule has 0 aliphatic carbocycles. The Balaban J connectivity index is 2.10. The summed E-state index contributed by atoms with van der Waals surface area (Å²) in [6.07, 6.45) is 1.14. The van der Waals surface area contributed by atoms with Gasteiger partial charge in [-0.25, -0.2) is 0 Å². The van der Waals surface area contributed by atoms with E-state index >= 15 is 0 Å². The number of nitrogens with zero attached hydrogens (tertiary/aromatic N) is 3. The van der Waals surface area contributed by atoms with Gasteiger partial charge in [0.2, 0.25) is 0 Å². The second-order valence-corrected chi connectivity index (χ2v) is 5.07. The first-order valence-corrected chi connectivity index (χ1v) is 6.36. The molecule has 1 aliphatic heterocycles. The van der Waals surface area contributed by atoms with Crippen LogP contribution in [0.1, 0.15) is 6.42 Å². The van der Waals surface area contributed by atoms with E-state index in [1.165, 1.54) is 0 Å². The molecule has 1 rings (SSSR count). The lowest BCUT2D eigenvalue weighted by Gasteiger charge is -2.34. The smallest absolute Gasteiger partial charge is 0.169 e. The molecule has 0 spiro atoms. The summed E-state index contributed by atoms with van der Waals surface area (Å²) < 4.78 is 0. The van der Waals surface area contributed by atoms with Crippen molar-refractivity contribution in [3.63, 3.8) is 0 Å². The molecule has 16 heavy (non-hydrogen) atoms. The Morgan fingerprint density at radius 1 is 1.25 bits per heavy atom. The van der Waals surface area contributed by atoms with Crippen molar-refractivity contribution in [2.75, 3.05) is 60.4 Å². The lowest BCUT2D eigenvalue weighted by atomic mass is 10.3. The van der Waals surface area contributed by atoms with E-state index in [0.29, 0.717) is 0 Å². The van der Waals surface area contributed by atoms with E-state index in [1.54, 1.807) is 0 Å². The molecular weight excluding hydrogens is 220 g/mol. The van der Waals surface area contributed by atoms with Crippen molar-refractivity contribution in [3.05, 3.63) is 0 Å². The fourth-order valence-corrected chi connectivity index (χ4v) is 2.00. The van der Waals surface area contributed by atoms with Crippen LogP contribution < -0.4 is 5.32 Å². The normalized spacial score (nSPS) is 17.9. The van der Waals surface area contributed by atoms with Crippen molar-refractivity contribution < 1.29 is 0 Å². The Morgan fingerprint density at radius 3 is 2.44 bits per heavy atom. The first kappa shape index (κ1) is 13.7. The molecule has 0 bridgehead atoms. The van der Waals surface area contributed by atoms with Crippen LogP contribution in [0.15, 0.2) is 0 Å². The molecular formula is C11H24N4S. The number of likely N-dealkylation sites (N-methyl/N-ethyl adjacent to an activating group) is 1. The van der Waals surface area contributed by atoms with E-state index in [-0.39, 0.29) is 0 Å². The summed E-state index contributed by atoms with van der Waals surface area (Å²) in [6, 6.07) is 0. The number of rotatable bonds is 4. The maximum Gasteiger partial charge on any atom is 0.169 e. The zero-order valence-corrected chi connectivity index (χ0v) is 11.5. The largest absolute Gasteiger partial charge is 0.363 e. The predicted molar refractivity (Wildman–Crippen MR) is 72.8 cm³/mol. The monoisotopic (exact) mass is 244 g/mol. The first-order chi connectivity index (χ1) is 7.59. The molecule has 0 atom stereocenters. The van der Waals surface area contributed by atoms with Gasteiger partial charge < -0.3 is 20.0 Å². The zero-order valence-electron chi connectivity index (χ0n) is 10.7. The van der Waals surface area contributed by atoms with E-state index in [1.807, 2.05) is 0 Å². The summed E-state index contributed by atoms with van der Waals surface area (Å²) in [5.41, 5.74) is 0. The standard InChI is InChI=1S/C11H24N4S/c1-13(2)6-4-5-12-11(16)15-9-7-14(3)8-10-15/h4-10H2,1-3H3,(H,12,16). The van der Waals surface area contributed by atoms with Crippen LogP contribution in [0.4, 0.5) is 0 Å². The van der Waals surface area contributed by atoms with Crippen LogP contribution in [0.2, 0.25) is 0 Å². The molecule has 0 aromatic carbocycles. The third-order valence-electron chi connectivity index (χ3n) is 2.85. The lowest BCUT2D eigenvalue weighted by Crippen LogP contribution is -2.50. The average molecular weight is 244 g/mol. The molecule has 1 N–H and O–H groups in total. The molecule has 0 aromatic rings. The van der Waals surface area contributed by atoms with E-state index in [0.717, 1.165) is 50.8 Å². The lowest BCUT2D eigenvalue weighted by molar-refractivity contribution is 0.214. The quantitative estimate of drug-likeness (QED) is 0.556. The van der Waals surface area contributed by atoms with Gasteiger partial charge in [-0.3, -0.25) is 0 Å². The maximum atomic E-state index is 5.37. The third-order valence-corrected chi connectivity index (χ3v) is 3.25. The Hall–Kier alpha value is -0.390. The Labute approximate surface area is 105 Å². The van der Waals surface area contributed by atoms with Gasteiger partial charge in [-0.15, -0.1) is 0 Å². The SMILES string of the molecule is CN(C)CCCNC(=S)N1CCN(C)CC1. The van der Waals surface area contributed by atoms with Crippen molar-refractivity contribution in [2.24, 2.45) is 0 Å². The maximum absolute atomic E-state index is 5.37. The van der Waals surface area contributed by atoms with Gasteiger partial charge in [-0.1, -0.05) is 0 Å². The summed E-state index contributed by atoms with van der Waals surface area (Å²) >= 11 is 5.37. The van der Waals surface area contributed by atoms with Gasteiger partial charge in [0, 0.05) is 32.7 Å². The Bertz CT molecular complexity index is 212. The highest BCUT2D eigenvalue weighted by molar-refractivity contribution is 7.80. The van der Waals surface area contributed by atoms with Gasteiger partial charge in [0.15, 0.2) is 5.11 Å². The van der Waals surface area contributed by atoms with Crippen LogP contribution in [0.5, 0.6) is 0 Å². The second-order valence-electron chi connectivity index (χ2n) is 4.68. The average Bonchev–Trinajstić information content (AvgIpc) is 2.25. The van der Waals surface area contributed by atoms with Crippen LogP contribution in [-0.4, -0.2) is 80.2 Å². The van der Waals surface area contributed by atoms with E-state index in [4.69, 9.17) is 12.2 Å². The highest BCUT2D eigenvalue weighted by atomic mass is 32.1. The minimum Gasteiger partial charge on any atom is -0.363 e. The van der Waals surface area contributed by atoms with Crippen molar-refractivity contribution in [1.82, 2.24) is 20.0 Å². The summed E-state index contributed by atoms with van der Waals surface area (Å²) in [5.74, 6) is 0. The molecule has 1 aliphatic rings. The Morgan fingerprint density at radius 2 is 1.88 bits per heavy atom.